The van der Waals surface area contributed by atoms with Crippen LogP contribution in [0.25, 0.3) is 6.08 Å². The van der Waals surface area contributed by atoms with E-state index in [2.05, 4.69) is 5.32 Å². The fourth-order valence-corrected chi connectivity index (χ4v) is 2.73. The average Bonchev–Trinajstić information content (AvgIpc) is 2.60. The van der Waals surface area contributed by atoms with Crippen LogP contribution in [0.2, 0.25) is 0 Å². The zero-order valence-electron chi connectivity index (χ0n) is 13.8. The minimum Gasteiger partial charge on any atom is -0.497 e. The zero-order valence-corrected chi connectivity index (χ0v) is 14.6. The number of methoxy groups -OCH3 is 1. The molecule has 0 bridgehead atoms. The van der Waals surface area contributed by atoms with Crippen molar-refractivity contribution in [2.45, 2.75) is 6.92 Å². The number of aryl methyl sites for hydroxylation is 1. The van der Waals surface area contributed by atoms with Crippen LogP contribution in [0.5, 0.6) is 5.75 Å². The maximum absolute atomic E-state index is 12.8. The number of nitrogens with one attached hydrogen (secondary N) is 1. The summed E-state index contributed by atoms with van der Waals surface area (Å²) in [5.74, 6) is -0.258. The Morgan fingerprint density at radius 1 is 1.04 bits per heavy atom. The summed E-state index contributed by atoms with van der Waals surface area (Å²) >= 11 is 5.18. The SMILES string of the molecule is COc1ccc(C=C2C(=O)NC(=S)N(c3ccc(C)cc3)C2=O)cc1. The highest BCUT2D eigenvalue weighted by Crippen LogP contribution is 2.23. The predicted octanol–water partition coefficient (Wildman–Crippen LogP) is 2.83. The molecule has 126 valence electrons. The number of nitrogens with zero attached hydrogens (tertiary/aromatic N) is 1. The van der Waals surface area contributed by atoms with Gasteiger partial charge in [0.05, 0.1) is 12.8 Å². The lowest BCUT2D eigenvalue weighted by molar-refractivity contribution is -0.122. The van der Waals surface area contributed by atoms with Crippen LogP contribution >= 0.6 is 12.2 Å². The fourth-order valence-electron chi connectivity index (χ4n) is 2.45. The molecule has 1 N–H and O–H groups in total. The molecule has 0 radical (unpaired) electrons. The van der Waals surface area contributed by atoms with E-state index in [0.717, 1.165) is 11.1 Å². The van der Waals surface area contributed by atoms with E-state index in [0.29, 0.717) is 11.4 Å². The predicted molar refractivity (Wildman–Crippen MR) is 100 cm³/mol. The van der Waals surface area contributed by atoms with Gasteiger partial charge in [-0.15, -0.1) is 0 Å². The lowest BCUT2D eigenvalue weighted by Gasteiger charge is -2.29. The second kappa shape index (κ2) is 6.86. The molecular weight excluding hydrogens is 336 g/mol. The number of rotatable bonds is 3. The van der Waals surface area contributed by atoms with Crippen LogP contribution in [0.3, 0.4) is 0 Å². The van der Waals surface area contributed by atoms with E-state index < -0.39 is 11.8 Å². The quantitative estimate of drug-likeness (QED) is 0.524. The summed E-state index contributed by atoms with van der Waals surface area (Å²) in [5, 5.41) is 2.65. The molecule has 6 heteroatoms. The summed E-state index contributed by atoms with van der Waals surface area (Å²) in [6.07, 6.45) is 1.54. The molecular formula is C19H16N2O3S. The molecule has 3 rings (SSSR count). The normalized spacial score (nSPS) is 16.2. The van der Waals surface area contributed by atoms with Gasteiger partial charge < -0.3 is 4.74 Å². The van der Waals surface area contributed by atoms with Gasteiger partial charge in [-0.05, 0) is 55.0 Å². The number of benzene rings is 2. The standard InChI is InChI=1S/C19H16N2O3S/c1-12-3-7-14(8-4-12)21-18(23)16(17(22)20-19(21)25)11-13-5-9-15(24-2)10-6-13/h3-11H,1-2H3,(H,20,22,25). The number of anilines is 1. The monoisotopic (exact) mass is 352 g/mol. The molecule has 2 amide bonds. The van der Waals surface area contributed by atoms with E-state index in [1.54, 1.807) is 49.6 Å². The highest BCUT2D eigenvalue weighted by molar-refractivity contribution is 7.80. The van der Waals surface area contributed by atoms with Gasteiger partial charge in [0.1, 0.15) is 11.3 Å². The Kier molecular flexibility index (Phi) is 4.63. The van der Waals surface area contributed by atoms with Crippen molar-refractivity contribution in [3.8, 4) is 5.75 Å². The molecule has 2 aromatic carbocycles. The molecule has 1 saturated heterocycles. The van der Waals surface area contributed by atoms with Gasteiger partial charge in [0.25, 0.3) is 11.8 Å². The Morgan fingerprint density at radius 2 is 1.68 bits per heavy atom. The molecule has 25 heavy (non-hydrogen) atoms. The molecule has 0 aliphatic carbocycles. The first kappa shape index (κ1) is 16.9. The minimum atomic E-state index is -0.505. The van der Waals surface area contributed by atoms with E-state index in [9.17, 15) is 9.59 Å². The summed E-state index contributed by atoms with van der Waals surface area (Å²) in [4.78, 5) is 26.4. The summed E-state index contributed by atoms with van der Waals surface area (Å²) in [6, 6.07) is 14.4. The van der Waals surface area contributed by atoms with Crippen LogP contribution in [0.15, 0.2) is 54.1 Å². The molecule has 1 heterocycles. The lowest BCUT2D eigenvalue weighted by Crippen LogP contribution is -2.54. The van der Waals surface area contributed by atoms with Gasteiger partial charge in [-0.3, -0.25) is 19.8 Å². The Hall–Kier alpha value is -2.99. The number of ether oxygens (including phenoxy) is 1. The highest BCUT2D eigenvalue weighted by atomic mass is 32.1. The maximum atomic E-state index is 12.8. The number of amides is 2. The van der Waals surface area contributed by atoms with Crippen molar-refractivity contribution in [1.82, 2.24) is 5.32 Å². The van der Waals surface area contributed by atoms with E-state index in [1.807, 2.05) is 19.1 Å². The largest absolute Gasteiger partial charge is 0.497 e. The molecule has 0 saturated carbocycles. The van der Waals surface area contributed by atoms with Crippen LogP contribution in [-0.2, 0) is 9.59 Å². The Labute approximate surface area is 150 Å². The van der Waals surface area contributed by atoms with Gasteiger partial charge in [0.15, 0.2) is 5.11 Å². The molecule has 1 aliphatic rings. The topological polar surface area (TPSA) is 58.6 Å². The van der Waals surface area contributed by atoms with E-state index in [1.165, 1.54) is 4.90 Å². The molecule has 1 fully saturated rings. The Balaban J connectivity index is 1.97. The molecule has 0 atom stereocenters. The third-order valence-corrected chi connectivity index (χ3v) is 4.11. The molecule has 1 aliphatic heterocycles. The van der Waals surface area contributed by atoms with Crippen molar-refractivity contribution in [2.24, 2.45) is 0 Å². The Morgan fingerprint density at radius 3 is 2.28 bits per heavy atom. The number of hydrogen-bond donors (Lipinski definition) is 1. The minimum absolute atomic E-state index is 0.0272. The smallest absolute Gasteiger partial charge is 0.270 e. The van der Waals surface area contributed by atoms with Gasteiger partial charge in [0.2, 0.25) is 0 Å². The summed E-state index contributed by atoms with van der Waals surface area (Å²) in [6.45, 7) is 1.96. The second-order valence-electron chi connectivity index (χ2n) is 5.57. The molecule has 2 aromatic rings. The molecule has 0 spiro atoms. The van der Waals surface area contributed by atoms with Crippen LogP contribution in [0, 0.1) is 6.92 Å². The van der Waals surface area contributed by atoms with Crippen LogP contribution in [-0.4, -0.2) is 24.0 Å². The van der Waals surface area contributed by atoms with Crippen LogP contribution in [0.4, 0.5) is 5.69 Å². The van der Waals surface area contributed by atoms with Crippen molar-refractivity contribution in [3.63, 3.8) is 0 Å². The third-order valence-electron chi connectivity index (χ3n) is 3.82. The highest BCUT2D eigenvalue weighted by Gasteiger charge is 2.34. The fraction of sp³-hybridized carbons (Fsp3) is 0.105. The van der Waals surface area contributed by atoms with Gasteiger partial charge >= 0.3 is 0 Å². The second-order valence-corrected chi connectivity index (χ2v) is 5.95. The number of hydrogen-bond acceptors (Lipinski definition) is 4. The summed E-state index contributed by atoms with van der Waals surface area (Å²) < 4.78 is 5.11. The van der Waals surface area contributed by atoms with Gasteiger partial charge in [0, 0.05) is 0 Å². The zero-order chi connectivity index (χ0) is 18.0. The first-order valence-electron chi connectivity index (χ1n) is 7.62. The first-order valence-corrected chi connectivity index (χ1v) is 8.02. The first-order chi connectivity index (χ1) is 12.0. The Bertz CT molecular complexity index is 871. The number of carbonyl (C=O) groups excluding carboxylic acids is 2. The van der Waals surface area contributed by atoms with Crippen LogP contribution < -0.4 is 15.0 Å². The van der Waals surface area contributed by atoms with Gasteiger partial charge in [-0.1, -0.05) is 29.8 Å². The van der Waals surface area contributed by atoms with Crippen molar-refractivity contribution in [3.05, 3.63) is 65.2 Å². The lowest BCUT2D eigenvalue weighted by atomic mass is 10.1. The number of carbonyl (C=O) groups is 2. The maximum Gasteiger partial charge on any atom is 0.270 e. The third kappa shape index (κ3) is 3.44. The van der Waals surface area contributed by atoms with E-state index in [-0.39, 0.29) is 10.7 Å². The molecule has 0 aromatic heterocycles. The van der Waals surface area contributed by atoms with Gasteiger partial charge in [-0.25, -0.2) is 0 Å². The molecule has 0 unspecified atom stereocenters. The van der Waals surface area contributed by atoms with E-state index >= 15 is 0 Å². The van der Waals surface area contributed by atoms with Crippen molar-refractivity contribution in [1.29, 1.82) is 0 Å². The van der Waals surface area contributed by atoms with Crippen LogP contribution in [0.1, 0.15) is 11.1 Å². The van der Waals surface area contributed by atoms with E-state index in [4.69, 9.17) is 17.0 Å². The van der Waals surface area contributed by atoms with Crippen molar-refractivity contribution < 1.29 is 14.3 Å². The summed E-state index contributed by atoms with van der Waals surface area (Å²) in [7, 11) is 1.58. The van der Waals surface area contributed by atoms with Crippen molar-refractivity contribution in [2.75, 3.05) is 12.0 Å². The van der Waals surface area contributed by atoms with Gasteiger partial charge in [-0.2, -0.15) is 0 Å². The average molecular weight is 352 g/mol. The summed E-state index contributed by atoms with van der Waals surface area (Å²) in [5.41, 5.74) is 2.42. The number of thiocarbonyl (C=S) groups is 1. The van der Waals surface area contributed by atoms with Crippen molar-refractivity contribution >= 4 is 40.9 Å². The molecule has 5 nitrogen and oxygen atoms in total.